The highest BCUT2D eigenvalue weighted by molar-refractivity contribution is 5.97. The van der Waals surface area contributed by atoms with Gasteiger partial charge in [0.1, 0.15) is 29.6 Å². The van der Waals surface area contributed by atoms with Gasteiger partial charge in [-0.2, -0.15) is 0 Å². The third-order valence-electron chi connectivity index (χ3n) is 12.1. The van der Waals surface area contributed by atoms with Crippen LogP contribution < -0.4 is 25.6 Å². The molecule has 6 heterocycles. The predicted octanol–water partition coefficient (Wildman–Crippen LogP) is 6.21. The van der Waals surface area contributed by atoms with Crippen LogP contribution in [0.1, 0.15) is 79.4 Å². The summed E-state index contributed by atoms with van der Waals surface area (Å²) in [5.74, 6) is 2.68. The first kappa shape index (κ1) is 43.3. The number of phenols is 1. The van der Waals surface area contributed by atoms with Crippen LogP contribution >= 0.6 is 0 Å². The van der Waals surface area contributed by atoms with E-state index in [1.165, 1.54) is 82.8 Å². The van der Waals surface area contributed by atoms with Crippen LogP contribution in [0.25, 0.3) is 0 Å². The van der Waals surface area contributed by atoms with Crippen LogP contribution in [0, 0.1) is 11.3 Å². The van der Waals surface area contributed by atoms with E-state index in [1.54, 1.807) is 12.1 Å². The van der Waals surface area contributed by atoms with E-state index in [0.29, 0.717) is 54.6 Å². The minimum atomic E-state index is -0.138. The molecule has 1 saturated carbocycles. The first-order chi connectivity index (χ1) is 28.9. The molecule has 2 aliphatic carbocycles. The van der Waals surface area contributed by atoms with Gasteiger partial charge in [-0.25, -0.2) is 9.97 Å². The van der Waals surface area contributed by atoms with Crippen LogP contribution in [-0.2, 0) is 22.4 Å². The molecule has 59 heavy (non-hydrogen) atoms. The standard InChI is InChI=1S/C25H31N5O2.C10H12O.C6H6.C5H7NO2.CH5N/c31-15-20-4-5-22-24(27-20)32-16-21-14-28(11-12-30(21)22)13-19-6-8-25(9-7-19)17-29(18-25)23-3-1-2-10-26-23;11-10-6-5-8-3-1-2-4-9(8)7-10;1-2-4-6-5-3-1;7-4-2-1-3-5(8)6-4;1-2/h1-5,10,15,19,21H,6-9,11-14,16-18H2;5-7,11H,1-4H2;1-6H;1-3H2,(H,6,7,8);2H2,1H3. The number of anilines is 2. The fourth-order valence-electron chi connectivity index (χ4n) is 8.97. The molecule has 0 radical (unpaired) electrons. The molecular weight excluding hydrogens is 743 g/mol. The number of hydrogen-bond acceptors (Lipinski definition) is 11. The van der Waals surface area contributed by atoms with Gasteiger partial charge in [0.05, 0.1) is 6.04 Å². The number of aromatic hydroxyl groups is 1. The highest BCUT2D eigenvalue weighted by Crippen LogP contribution is 2.47. The number of piperidine rings is 1. The molecule has 2 aromatic carbocycles. The van der Waals surface area contributed by atoms with Crippen molar-refractivity contribution < 1.29 is 24.2 Å². The SMILES string of the molecule is CN.O=C1CCCC(=O)N1.O=Cc1ccc2c(n1)OCC1CN(CC3CCC4(CC3)CN(c3ccccn3)C4)CCN21.Oc1ccc2c(c1)CCCC2.c1ccccc1. The van der Waals surface area contributed by atoms with Crippen molar-refractivity contribution in [1.29, 1.82) is 0 Å². The van der Waals surface area contributed by atoms with Crippen molar-refractivity contribution >= 4 is 29.6 Å². The van der Waals surface area contributed by atoms with Crippen molar-refractivity contribution in [1.82, 2.24) is 20.2 Å². The summed E-state index contributed by atoms with van der Waals surface area (Å²) >= 11 is 0. The summed E-state index contributed by atoms with van der Waals surface area (Å²) in [6, 6.07) is 28.1. The zero-order valence-corrected chi connectivity index (χ0v) is 34.5. The molecule has 12 nitrogen and oxygen atoms in total. The fraction of sp³-hybridized carbons (Fsp3) is 0.468. The Morgan fingerprint density at radius 3 is 2.17 bits per heavy atom. The number of ether oxygens (including phenoxy) is 1. The second-order valence-electron chi connectivity index (χ2n) is 16.2. The zero-order chi connectivity index (χ0) is 41.5. The van der Waals surface area contributed by atoms with E-state index in [-0.39, 0.29) is 11.8 Å². The normalized spacial score (nSPS) is 20.2. The van der Waals surface area contributed by atoms with E-state index >= 15 is 0 Å². The number of aromatic nitrogens is 2. The van der Waals surface area contributed by atoms with E-state index in [0.717, 1.165) is 49.8 Å². The number of phenolic OH excluding ortho intramolecular Hbond substituents is 1. The lowest BCUT2D eigenvalue weighted by molar-refractivity contribution is -0.132. The molecule has 2 aromatic heterocycles. The summed E-state index contributed by atoms with van der Waals surface area (Å²) in [5.41, 5.74) is 9.27. The Hall–Kier alpha value is -5.33. The minimum absolute atomic E-state index is 0.138. The van der Waals surface area contributed by atoms with Gasteiger partial charge in [0.2, 0.25) is 17.7 Å². The quantitative estimate of drug-likeness (QED) is 0.159. The van der Waals surface area contributed by atoms with Gasteiger partial charge in [0, 0.05) is 63.7 Å². The van der Waals surface area contributed by atoms with Crippen molar-refractivity contribution in [3.8, 4) is 11.6 Å². The molecule has 0 bridgehead atoms. The lowest BCUT2D eigenvalue weighted by atomic mass is 9.66. The van der Waals surface area contributed by atoms with E-state index in [4.69, 9.17) is 4.74 Å². The Labute approximate surface area is 349 Å². The maximum atomic E-state index is 11.0. The van der Waals surface area contributed by atoms with Crippen LogP contribution in [0.5, 0.6) is 11.6 Å². The molecule has 2 amide bonds. The number of imide groups is 1. The number of carbonyl (C=O) groups is 3. The summed E-state index contributed by atoms with van der Waals surface area (Å²) in [6.07, 6.45) is 14.7. The number of benzene rings is 2. The molecule has 10 rings (SSSR count). The number of hydrogen-bond donors (Lipinski definition) is 3. The lowest BCUT2D eigenvalue weighted by Crippen LogP contribution is -2.59. The largest absolute Gasteiger partial charge is 0.508 e. The van der Waals surface area contributed by atoms with E-state index in [9.17, 15) is 19.5 Å². The molecule has 4 aliphatic heterocycles. The molecular formula is C47H61N7O5. The number of nitrogens with zero attached hydrogens (tertiary/aromatic N) is 5. The number of fused-ring (bicyclic) bond motifs is 4. The topological polar surface area (TPSA) is 154 Å². The number of carbonyl (C=O) groups excluding carboxylic acids is 3. The Morgan fingerprint density at radius 1 is 0.847 bits per heavy atom. The van der Waals surface area contributed by atoms with Gasteiger partial charge in [0.15, 0.2) is 6.29 Å². The molecule has 1 atom stereocenters. The number of pyridine rings is 2. The first-order valence-corrected chi connectivity index (χ1v) is 21.3. The van der Waals surface area contributed by atoms with Gasteiger partial charge in [-0.1, -0.05) is 48.5 Å². The highest BCUT2D eigenvalue weighted by Gasteiger charge is 2.46. The number of rotatable bonds is 4. The summed E-state index contributed by atoms with van der Waals surface area (Å²) < 4.78 is 5.92. The Balaban J connectivity index is 0.000000174. The van der Waals surface area contributed by atoms with Gasteiger partial charge in [0.25, 0.3) is 0 Å². The van der Waals surface area contributed by atoms with E-state index in [1.807, 2.05) is 66.9 Å². The third-order valence-corrected chi connectivity index (χ3v) is 12.1. The molecule has 314 valence electrons. The number of piperazine rings is 1. The second kappa shape index (κ2) is 21.6. The summed E-state index contributed by atoms with van der Waals surface area (Å²) in [4.78, 5) is 48.0. The summed E-state index contributed by atoms with van der Waals surface area (Å²) in [7, 11) is 1.50. The highest BCUT2D eigenvalue weighted by atomic mass is 16.5. The fourth-order valence-corrected chi connectivity index (χ4v) is 8.97. The number of amides is 2. The lowest BCUT2D eigenvalue weighted by Gasteiger charge is -2.54. The molecule has 3 saturated heterocycles. The van der Waals surface area contributed by atoms with Gasteiger partial charge in [-0.05, 0) is 118 Å². The van der Waals surface area contributed by atoms with E-state index in [2.05, 4.69) is 47.9 Å². The number of aldehydes is 1. The Morgan fingerprint density at radius 2 is 1.54 bits per heavy atom. The Kier molecular flexibility index (Phi) is 15.8. The average Bonchev–Trinajstić information content (AvgIpc) is 3.28. The van der Waals surface area contributed by atoms with Gasteiger partial charge in [-0.15, -0.1) is 0 Å². The average molecular weight is 804 g/mol. The van der Waals surface area contributed by atoms with E-state index < -0.39 is 0 Å². The van der Waals surface area contributed by atoms with Gasteiger partial charge >= 0.3 is 0 Å². The minimum Gasteiger partial charge on any atom is -0.508 e. The Bertz CT molecular complexity index is 1890. The molecule has 12 heteroatoms. The van der Waals surface area contributed by atoms with Gasteiger partial charge in [-0.3, -0.25) is 24.6 Å². The third kappa shape index (κ3) is 12.1. The monoisotopic (exact) mass is 803 g/mol. The van der Waals surface area contributed by atoms with Crippen LogP contribution in [0.15, 0.2) is 91.1 Å². The second-order valence-corrected chi connectivity index (χ2v) is 16.2. The van der Waals surface area contributed by atoms with Crippen molar-refractivity contribution in [3.05, 3.63) is 108 Å². The number of nitrogens with two attached hydrogens (primary N) is 1. The maximum absolute atomic E-state index is 11.0. The smallest absolute Gasteiger partial charge is 0.238 e. The molecule has 1 unspecified atom stereocenters. The molecule has 4 N–H and O–H groups in total. The summed E-state index contributed by atoms with van der Waals surface area (Å²) in [5, 5.41) is 11.4. The van der Waals surface area contributed by atoms with Crippen LogP contribution in [0.3, 0.4) is 0 Å². The maximum Gasteiger partial charge on any atom is 0.238 e. The zero-order valence-electron chi connectivity index (χ0n) is 34.5. The molecule has 1 spiro atoms. The van der Waals surface area contributed by atoms with Crippen molar-refractivity contribution in [2.75, 3.05) is 62.7 Å². The number of nitrogens with one attached hydrogen (secondary N) is 1. The van der Waals surface area contributed by atoms with Crippen molar-refractivity contribution in [2.45, 2.75) is 76.7 Å². The van der Waals surface area contributed by atoms with Crippen LogP contribution in [0.2, 0.25) is 0 Å². The van der Waals surface area contributed by atoms with Crippen molar-refractivity contribution in [2.24, 2.45) is 17.1 Å². The number of aryl methyl sites for hydroxylation is 2. The van der Waals surface area contributed by atoms with Crippen LogP contribution in [0.4, 0.5) is 11.5 Å². The predicted molar refractivity (Wildman–Crippen MR) is 232 cm³/mol. The molecule has 6 aliphatic rings. The molecule has 4 fully saturated rings. The van der Waals surface area contributed by atoms with Gasteiger partial charge < -0.3 is 25.4 Å². The molecule has 4 aromatic rings. The first-order valence-electron chi connectivity index (χ1n) is 21.3. The van der Waals surface area contributed by atoms with Crippen LogP contribution in [-0.4, -0.2) is 97.0 Å². The van der Waals surface area contributed by atoms with Crippen molar-refractivity contribution in [3.63, 3.8) is 0 Å². The summed E-state index contributed by atoms with van der Waals surface area (Å²) in [6.45, 7) is 7.33.